The Labute approximate surface area is 98.5 Å². The second-order valence-corrected chi connectivity index (χ2v) is 4.12. The van der Waals surface area contributed by atoms with Gasteiger partial charge in [-0.25, -0.2) is 9.78 Å². The lowest BCUT2D eigenvalue weighted by molar-refractivity contribution is -0.0459. The quantitative estimate of drug-likeness (QED) is 0.740. The molecule has 1 aliphatic heterocycles. The summed E-state index contributed by atoms with van der Waals surface area (Å²) in [5, 5.41) is 18.6. The average Bonchev–Trinajstić information content (AvgIpc) is 2.71. The minimum Gasteiger partial charge on any atom is -0.394 e. The Morgan fingerprint density at radius 2 is 2.41 bits per heavy atom. The van der Waals surface area contributed by atoms with Gasteiger partial charge in [0.05, 0.1) is 12.7 Å². The van der Waals surface area contributed by atoms with E-state index in [1.165, 1.54) is 10.8 Å². The zero-order valence-corrected chi connectivity index (χ0v) is 9.61. The van der Waals surface area contributed by atoms with E-state index in [1.54, 1.807) is 6.20 Å². The standard InChI is InChI=1S/C11H16N2O4/c1-2-7-4-12-11(16)13(5-7)10-3-8(15)9(6-14)17-10/h4-5,8-10,14-15H,2-3,6H2,1H3/t8-,9+,10+/m0/s1. The fourth-order valence-corrected chi connectivity index (χ4v) is 1.91. The highest BCUT2D eigenvalue weighted by atomic mass is 16.5. The first-order valence-corrected chi connectivity index (χ1v) is 5.67. The molecule has 1 aromatic heterocycles. The molecule has 2 heterocycles. The molecule has 3 atom stereocenters. The summed E-state index contributed by atoms with van der Waals surface area (Å²) in [6.45, 7) is 1.71. The van der Waals surface area contributed by atoms with Crippen LogP contribution in [0, 0.1) is 0 Å². The van der Waals surface area contributed by atoms with Gasteiger partial charge in [-0.15, -0.1) is 0 Å². The van der Waals surface area contributed by atoms with E-state index in [9.17, 15) is 9.90 Å². The van der Waals surface area contributed by atoms with Crippen molar-refractivity contribution >= 4 is 0 Å². The fraction of sp³-hybridized carbons (Fsp3) is 0.636. The Bertz CT molecular complexity index is 445. The molecule has 0 saturated carbocycles. The number of rotatable bonds is 3. The number of aliphatic hydroxyl groups excluding tert-OH is 2. The van der Waals surface area contributed by atoms with Crippen LogP contribution in [0.3, 0.4) is 0 Å². The van der Waals surface area contributed by atoms with E-state index in [1.807, 2.05) is 6.92 Å². The maximum absolute atomic E-state index is 11.6. The number of aliphatic hydroxyl groups is 2. The monoisotopic (exact) mass is 240 g/mol. The lowest BCUT2D eigenvalue weighted by atomic mass is 10.2. The van der Waals surface area contributed by atoms with Crippen LogP contribution in [0.25, 0.3) is 0 Å². The summed E-state index contributed by atoms with van der Waals surface area (Å²) in [7, 11) is 0. The number of hydrogen-bond acceptors (Lipinski definition) is 5. The highest BCUT2D eigenvalue weighted by Gasteiger charge is 2.34. The average molecular weight is 240 g/mol. The minimum atomic E-state index is -0.748. The van der Waals surface area contributed by atoms with Crippen LogP contribution in [-0.4, -0.2) is 38.6 Å². The highest BCUT2D eigenvalue weighted by Crippen LogP contribution is 2.27. The summed E-state index contributed by atoms with van der Waals surface area (Å²) in [6.07, 6.45) is 2.36. The molecule has 1 aliphatic rings. The van der Waals surface area contributed by atoms with E-state index in [0.717, 1.165) is 12.0 Å². The maximum Gasteiger partial charge on any atom is 0.349 e. The molecule has 0 aliphatic carbocycles. The van der Waals surface area contributed by atoms with Crippen molar-refractivity contribution in [3.63, 3.8) is 0 Å². The molecular weight excluding hydrogens is 224 g/mol. The van der Waals surface area contributed by atoms with Crippen LogP contribution < -0.4 is 5.69 Å². The smallest absolute Gasteiger partial charge is 0.349 e. The van der Waals surface area contributed by atoms with Gasteiger partial charge >= 0.3 is 5.69 Å². The van der Waals surface area contributed by atoms with E-state index in [0.29, 0.717) is 6.42 Å². The number of aryl methyl sites for hydroxylation is 1. The van der Waals surface area contributed by atoms with Crippen molar-refractivity contribution in [2.75, 3.05) is 6.61 Å². The van der Waals surface area contributed by atoms with E-state index in [4.69, 9.17) is 9.84 Å². The molecule has 1 saturated heterocycles. The Kier molecular flexibility index (Phi) is 3.56. The molecule has 2 N–H and O–H groups in total. The molecule has 0 amide bonds. The Morgan fingerprint density at radius 3 is 3.00 bits per heavy atom. The van der Waals surface area contributed by atoms with Crippen LogP contribution in [0.4, 0.5) is 0 Å². The van der Waals surface area contributed by atoms with Gasteiger partial charge in [0.2, 0.25) is 0 Å². The lowest BCUT2D eigenvalue weighted by Crippen LogP contribution is -2.27. The maximum atomic E-state index is 11.6. The second-order valence-electron chi connectivity index (χ2n) is 4.12. The third kappa shape index (κ3) is 2.38. The molecule has 6 nitrogen and oxygen atoms in total. The van der Waals surface area contributed by atoms with Crippen molar-refractivity contribution in [1.82, 2.24) is 9.55 Å². The summed E-state index contributed by atoms with van der Waals surface area (Å²) >= 11 is 0. The van der Waals surface area contributed by atoms with Crippen LogP contribution in [0.2, 0.25) is 0 Å². The van der Waals surface area contributed by atoms with Crippen molar-refractivity contribution in [3.05, 3.63) is 28.4 Å². The van der Waals surface area contributed by atoms with Gasteiger partial charge in [-0.2, -0.15) is 0 Å². The van der Waals surface area contributed by atoms with Crippen molar-refractivity contribution in [1.29, 1.82) is 0 Å². The topological polar surface area (TPSA) is 84.6 Å². The van der Waals surface area contributed by atoms with Crippen LogP contribution >= 0.6 is 0 Å². The third-order valence-corrected chi connectivity index (χ3v) is 2.97. The first-order valence-electron chi connectivity index (χ1n) is 5.67. The predicted molar refractivity (Wildman–Crippen MR) is 59.5 cm³/mol. The molecule has 1 fully saturated rings. The number of ether oxygens (including phenoxy) is 1. The number of nitrogens with zero attached hydrogens (tertiary/aromatic N) is 2. The van der Waals surface area contributed by atoms with E-state index < -0.39 is 24.1 Å². The van der Waals surface area contributed by atoms with Crippen molar-refractivity contribution in [3.8, 4) is 0 Å². The molecule has 0 unspecified atom stereocenters. The summed E-state index contributed by atoms with van der Waals surface area (Å²) in [5.74, 6) is 0. The second kappa shape index (κ2) is 4.95. The van der Waals surface area contributed by atoms with Crippen molar-refractivity contribution in [2.24, 2.45) is 0 Å². The van der Waals surface area contributed by atoms with Gasteiger partial charge in [0.1, 0.15) is 12.3 Å². The summed E-state index contributed by atoms with van der Waals surface area (Å²) in [4.78, 5) is 15.4. The van der Waals surface area contributed by atoms with Gasteiger partial charge < -0.3 is 14.9 Å². The molecule has 0 aromatic carbocycles. The lowest BCUT2D eigenvalue weighted by Gasteiger charge is -2.14. The Morgan fingerprint density at radius 1 is 1.65 bits per heavy atom. The summed E-state index contributed by atoms with van der Waals surface area (Å²) in [5.41, 5.74) is 0.521. The minimum absolute atomic E-state index is 0.257. The Balaban J connectivity index is 2.26. The van der Waals surface area contributed by atoms with Gasteiger partial charge in [0, 0.05) is 18.8 Å². The largest absolute Gasteiger partial charge is 0.394 e. The third-order valence-electron chi connectivity index (χ3n) is 2.97. The van der Waals surface area contributed by atoms with Gasteiger partial charge in [0.15, 0.2) is 0 Å². The van der Waals surface area contributed by atoms with Crippen LogP contribution in [-0.2, 0) is 11.2 Å². The molecule has 1 aromatic rings. The van der Waals surface area contributed by atoms with Gasteiger partial charge in [0.25, 0.3) is 0 Å². The zero-order chi connectivity index (χ0) is 12.4. The van der Waals surface area contributed by atoms with E-state index in [2.05, 4.69) is 4.98 Å². The highest BCUT2D eigenvalue weighted by molar-refractivity contribution is 5.04. The molecular formula is C11H16N2O4. The van der Waals surface area contributed by atoms with Gasteiger partial charge in [-0.3, -0.25) is 4.57 Å². The number of aromatic nitrogens is 2. The number of hydrogen-bond donors (Lipinski definition) is 2. The predicted octanol–water partition coefficient (Wildman–Crippen LogP) is -0.554. The molecule has 0 radical (unpaired) electrons. The molecule has 2 rings (SSSR count). The van der Waals surface area contributed by atoms with Crippen LogP contribution in [0.15, 0.2) is 17.2 Å². The molecule has 17 heavy (non-hydrogen) atoms. The van der Waals surface area contributed by atoms with Crippen LogP contribution in [0.1, 0.15) is 25.1 Å². The fourth-order valence-electron chi connectivity index (χ4n) is 1.91. The zero-order valence-electron chi connectivity index (χ0n) is 9.61. The Hall–Kier alpha value is -1.24. The van der Waals surface area contributed by atoms with Crippen molar-refractivity contribution < 1.29 is 14.9 Å². The summed E-state index contributed by atoms with van der Waals surface area (Å²) in [6, 6.07) is 0. The normalized spacial score (nSPS) is 28.5. The molecule has 0 bridgehead atoms. The molecule has 94 valence electrons. The molecule has 6 heteroatoms. The van der Waals surface area contributed by atoms with Crippen LogP contribution in [0.5, 0.6) is 0 Å². The van der Waals surface area contributed by atoms with E-state index >= 15 is 0 Å². The van der Waals surface area contributed by atoms with Crippen molar-refractivity contribution in [2.45, 2.75) is 38.2 Å². The first kappa shape index (κ1) is 12.2. The SMILES string of the molecule is CCc1cnc(=O)n([C@H]2C[C@H](O)[C@@H](CO)O2)c1. The van der Waals surface area contributed by atoms with Gasteiger partial charge in [-0.1, -0.05) is 6.92 Å². The summed E-state index contributed by atoms with van der Waals surface area (Å²) < 4.78 is 6.78. The molecule has 0 spiro atoms. The first-order chi connectivity index (χ1) is 8.15. The van der Waals surface area contributed by atoms with Gasteiger partial charge in [-0.05, 0) is 12.0 Å². The van der Waals surface area contributed by atoms with E-state index in [-0.39, 0.29) is 6.61 Å².